The lowest BCUT2D eigenvalue weighted by Crippen LogP contribution is -2.30. The molecule has 0 aliphatic carbocycles. The van der Waals surface area contributed by atoms with Gasteiger partial charge >= 0.3 is 6.03 Å². The van der Waals surface area contributed by atoms with E-state index >= 15 is 0 Å². The highest BCUT2D eigenvalue weighted by Gasteiger charge is 2.34. The molecule has 5 heteroatoms. The first-order chi connectivity index (χ1) is 13.7. The average molecular weight is 370 g/mol. The number of hydrogen-bond acceptors (Lipinski definition) is 3. The van der Waals surface area contributed by atoms with E-state index in [4.69, 9.17) is 4.74 Å². The molecular weight excluding hydrogens is 352 g/mol. The van der Waals surface area contributed by atoms with Crippen LogP contribution in [-0.2, 0) is 11.4 Å². The summed E-state index contributed by atoms with van der Waals surface area (Å²) in [5, 5.41) is 2.63. The number of hydrogen-bond donors (Lipinski definition) is 1. The minimum Gasteiger partial charge on any atom is -0.489 e. The molecule has 1 aliphatic rings. The number of ether oxygens (including phenoxy) is 1. The van der Waals surface area contributed by atoms with Crippen molar-refractivity contribution >= 4 is 23.7 Å². The molecule has 1 fully saturated rings. The van der Waals surface area contributed by atoms with E-state index in [0.717, 1.165) is 21.8 Å². The number of benzene rings is 3. The van der Waals surface area contributed by atoms with Crippen molar-refractivity contribution in [2.24, 2.45) is 0 Å². The maximum Gasteiger partial charge on any atom is 0.333 e. The van der Waals surface area contributed by atoms with Gasteiger partial charge in [-0.2, -0.15) is 0 Å². The van der Waals surface area contributed by atoms with Crippen molar-refractivity contribution in [3.63, 3.8) is 0 Å². The summed E-state index contributed by atoms with van der Waals surface area (Å²) < 4.78 is 5.76. The Morgan fingerprint density at radius 3 is 2.14 bits per heavy atom. The monoisotopic (exact) mass is 370 g/mol. The van der Waals surface area contributed by atoms with Gasteiger partial charge in [0, 0.05) is 0 Å². The Morgan fingerprint density at radius 1 is 0.821 bits per heavy atom. The van der Waals surface area contributed by atoms with Crippen LogP contribution in [0.2, 0.25) is 0 Å². The molecular formula is C23H18N2O3. The van der Waals surface area contributed by atoms with E-state index in [1.54, 1.807) is 30.3 Å². The topological polar surface area (TPSA) is 58.6 Å². The van der Waals surface area contributed by atoms with Crippen molar-refractivity contribution in [1.29, 1.82) is 0 Å². The average Bonchev–Trinajstić information content (AvgIpc) is 3.02. The molecule has 0 spiro atoms. The van der Waals surface area contributed by atoms with Crippen LogP contribution >= 0.6 is 0 Å². The second kappa shape index (κ2) is 7.80. The molecule has 0 aromatic heterocycles. The van der Waals surface area contributed by atoms with E-state index in [2.05, 4.69) is 5.32 Å². The Kier molecular flexibility index (Phi) is 4.89. The quantitative estimate of drug-likeness (QED) is 0.536. The van der Waals surface area contributed by atoms with Crippen LogP contribution in [-0.4, -0.2) is 11.9 Å². The molecule has 0 unspecified atom stereocenters. The van der Waals surface area contributed by atoms with Crippen LogP contribution < -0.4 is 15.0 Å². The van der Waals surface area contributed by atoms with Gasteiger partial charge < -0.3 is 10.1 Å². The first-order valence-corrected chi connectivity index (χ1v) is 8.90. The normalized spacial score (nSPS) is 15.0. The highest BCUT2D eigenvalue weighted by Crippen LogP contribution is 2.22. The van der Waals surface area contributed by atoms with Crippen molar-refractivity contribution < 1.29 is 14.3 Å². The molecule has 1 N–H and O–H groups in total. The molecule has 28 heavy (non-hydrogen) atoms. The maximum absolute atomic E-state index is 12.6. The van der Waals surface area contributed by atoms with Crippen LogP contribution in [0.15, 0.2) is 90.6 Å². The molecule has 5 nitrogen and oxygen atoms in total. The standard InChI is InChI=1S/C23H18N2O3/c26-22-21(24-23(27)25(22)19-9-5-2-6-10-19)15-17-11-13-20(14-12-17)28-16-18-7-3-1-4-8-18/h1-15H,16H2,(H,24,27). The van der Waals surface area contributed by atoms with Gasteiger partial charge in [0.25, 0.3) is 5.91 Å². The third-order valence-electron chi connectivity index (χ3n) is 4.33. The van der Waals surface area contributed by atoms with Crippen LogP contribution in [0.1, 0.15) is 11.1 Å². The number of imide groups is 1. The van der Waals surface area contributed by atoms with Gasteiger partial charge in [0.1, 0.15) is 18.1 Å². The van der Waals surface area contributed by atoms with Crippen LogP contribution in [0.25, 0.3) is 6.08 Å². The van der Waals surface area contributed by atoms with Crippen molar-refractivity contribution in [1.82, 2.24) is 5.32 Å². The molecule has 3 aromatic rings. The zero-order chi connectivity index (χ0) is 19.3. The van der Waals surface area contributed by atoms with E-state index in [-0.39, 0.29) is 11.6 Å². The first-order valence-electron chi connectivity index (χ1n) is 8.90. The zero-order valence-electron chi connectivity index (χ0n) is 15.0. The summed E-state index contributed by atoms with van der Waals surface area (Å²) in [6.07, 6.45) is 1.66. The lowest BCUT2D eigenvalue weighted by atomic mass is 10.2. The number of urea groups is 1. The van der Waals surface area contributed by atoms with Crippen molar-refractivity contribution in [3.05, 3.63) is 102 Å². The Bertz CT molecular complexity index is 1010. The summed E-state index contributed by atoms with van der Waals surface area (Å²) in [5.74, 6) is 0.360. The Balaban J connectivity index is 1.45. The molecule has 1 aliphatic heterocycles. The summed E-state index contributed by atoms with van der Waals surface area (Å²) in [6.45, 7) is 0.488. The summed E-state index contributed by atoms with van der Waals surface area (Å²) >= 11 is 0. The van der Waals surface area contributed by atoms with Gasteiger partial charge in [-0.25, -0.2) is 9.69 Å². The number of anilines is 1. The van der Waals surface area contributed by atoms with E-state index in [9.17, 15) is 9.59 Å². The molecule has 3 aromatic carbocycles. The number of nitrogens with zero attached hydrogens (tertiary/aromatic N) is 1. The van der Waals surface area contributed by atoms with Gasteiger partial charge in [-0.3, -0.25) is 4.79 Å². The summed E-state index contributed by atoms with van der Waals surface area (Å²) in [5.41, 5.74) is 2.67. The number of para-hydroxylation sites is 1. The number of rotatable bonds is 5. The molecule has 4 rings (SSSR count). The van der Waals surface area contributed by atoms with Crippen LogP contribution in [0.4, 0.5) is 10.5 Å². The number of amides is 3. The van der Waals surface area contributed by atoms with Gasteiger partial charge in [0.05, 0.1) is 5.69 Å². The van der Waals surface area contributed by atoms with Gasteiger partial charge in [-0.05, 0) is 41.5 Å². The number of nitrogens with one attached hydrogen (secondary N) is 1. The molecule has 0 saturated carbocycles. The SMILES string of the molecule is O=C1NC(=Cc2ccc(OCc3ccccc3)cc2)C(=O)N1c1ccccc1. The smallest absolute Gasteiger partial charge is 0.333 e. The minimum absolute atomic E-state index is 0.242. The molecule has 138 valence electrons. The number of carbonyl (C=O) groups is 2. The fourth-order valence-corrected chi connectivity index (χ4v) is 2.91. The van der Waals surface area contributed by atoms with Crippen molar-refractivity contribution in [2.45, 2.75) is 6.61 Å². The number of carbonyl (C=O) groups excluding carboxylic acids is 2. The van der Waals surface area contributed by atoms with Gasteiger partial charge in [-0.1, -0.05) is 60.7 Å². The van der Waals surface area contributed by atoms with E-state index < -0.39 is 6.03 Å². The third-order valence-corrected chi connectivity index (χ3v) is 4.33. The second-order valence-electron chi connectivity index (χ2n) is 6.31. The molecule has 3 amide bonds. The second-order valence-corrected chi connectivity index (χ2v) is 6.31. The van der Waals surface area contributed by atoms with Crippen LogP contribution in [0.3, 0.4) is 0 Å². The van der Waals surface area contributed by atoms with E-state index in [0.29, 0.717) is 12.3 Å². The molecule has 1 heterocycles. The summed E-state index contributed by atoms with van der Waals surface area (Å²) in [4.78, 5) is 25.9. The first kappa shape index (κ1) is 17.5. The Hall–Kier alpha value is -3.86. The molecule has 0 radical (unpaired) electrons. The third kappa shape index (κ3) is 3.78. The van der Waals surface area contributed by atoms with Crippen LogP contribution in [0.5, 0.6) is 5.75 Å². The lowest BCUT2D eigenvalue weighted by molar-refractivity contribution is -0.113. The fourth-order valence-electron chi connectivity index (χ4n) is 2.91. The van der Waals surface area contributed by atoms with E-state index in [1.807, 2.05) is 60.7 Å². The predicted molar refractivity (Wildman–Crippen MR) is 108 cm³/mol. The largest absolute Gasteiger partial charge is 0.489 e. The summed E-state index contributed by atoms with van der Waals surface area (Å²) in [6, 6.07) is 25.7. The Morgan fingerprint density at radius 2 is 1.46 bits per heavy atom. The predicted octanol–water partition coefficient (Wildman–Crippen LogP) is 4.36. The molecule has 0 bridgehead atoms. The summed E-state index contributed by atoms with van der Waals surface area (Å²) in [7, 11) is 0. The van der Waals surface area contributed by atoms with Gasteiger partial charge in [-0.15, -0.1) is 0 Å². The van der Waals surface area contributed by atoms with Crippen molar-refractivity contribution in [3.8, 4) is 5.75 Å². The van der Waals surface area contributed by atoms with Crippen LogP contribution in [0, 0.1) is 0 Å². The van der Waals surface area contributed by atoms with Gasteiger partial charge in [0.15, 0.2) is 0 Å². The lowest BCUT2D eigenvalue weighted by Gasteiger charge is -2.10. The zero-order valence-corrected chi connectivity index (χ0v) is 15.0. The van der Waals surface area contributed by atoms with Crippen molar-refractivity contribution in [2.75, 3.05) is 4.90 Å². The highest BCUT2D eigenvalue weighted by atomic mass is 16.5. The molecule has 0 atom stereocenters. The molecule has 1 saturated heterocycles. The van der Waals surface area contributed by atoms with Gasteiger partial charge in [0.2, 0.25) is 0 Å². The maximum atomic E-state index is 12.6. The van der Waals surface area contributed by atoms with E-state index in [1.165, 1.54) is 0 Å². The minimum atomic E-state index is -0.453. The highest BCUT2D eigenvalue weighted by molar-refractivity contribution is 6.28. The fraction of sp³-hybridized carbons (Fsp3) is 0.0435. The Labute approximate surface area is 162 Å².